The first-order valence-corrected chi connectivity index (χ1v) is 16.0. The fourth-order valence-corrected chi connectivity index (χ4v) is 5.79. The first-order valence-electron chi connectivity index (χ1n) is 16.0. The van der Waals surface area contributed by atoms with E-state index in [9.17, 15) is 28.8 Å². The maximum Gasteiger partial charge on any atom is 0.350 e. The van der Waals surface area contributed by atoms with Gasteiger partial charge in [0.05, 0.1) is 26.4 Å². The molecular formula is C34H43NO14. The summed E-state index contributed by atoms with van der Waals surface area (Å²) >= 11 is 0. The molecule has 15 nitrogen and oxygen atoms in total. The Balaban J connectivity index is 2.03. The normalized spacial score (nSPS) is 23.2. The van der Waals surface area contributed by atoms with Gasteiger partial charge >= 0.3 is 35.8 Å². The van der Waals surface area contributed by atoms with Crippen LogP contribution in [0, 0.1) is 12.3 Å². The van der Waals surface area contributed by atoms with Crippen LogP contribution in [0.2, 0.25) is 0 Å². The van der Waals surface area contributed by atoms with Gasteiger partial charge in [0.25, 0.3) is 5.60 Å². The van der Waals surface area contributed by atoms with Crippen molar-refractivity contribution in [1.29, 1.82) is 0 Å². The van der Waals surface area contributed by atoms with Crippen LogP contribution in [0.4, 0.5) is 5.69 Å². The lowest BCUT2D eigenvalue weighted by Crippen LogP contribution is -2.57. The summed E-state index contributed by atoms with van der Waals surface area (Å²) in [6.07, 6.45) is 2.04. The van der Waals surface area contributed by atoms with Gasteiger partial charge in [-0.2, -0.15) is 0 Å². The van der Waals surface area contributed by atoms with Crippen LogP contribution in [-0.2, 0) is 73.1 Å². The molecule has 2 aliphatic rings. The highest BCUT2D eigenvalue weighted by Crippen LogP contribution is 2.39. The van der Waals surface area contributed by atoms with Gasteiger partial charge in [-0.1, -0.05) is 18.1 Å². The molecule has 0 aliphatic carbocycles. The van der Waals surface area contributed by atoms with E-state index in [0.29, 0.717) is 18.5 Å². The molecule has 2 aliphatic heterocycles. The maximum atomic E-state index is 13.7. The number of rotatable bonds is 15. The fourth-order valence-electron chi connectivity index (χ4n) is 5.79. The number of carbonyl (C=O) groups is 6. The zero-order valence-corrected chi connectivity index (χ0v) is 28.5. The van der Waals surface area contributed by atoms with Gasteiger partial charge in [0.15, 0.2) is 0 Å². The van der Waals surface area contributed by atoms with Crippen LogP contribution in [0.3, 0.4) is 0 Å². The topological polar surface area (TPSA) is 180 Å². The van der Waals surface area contributed by atoms with Gasteiger partial charge in [-0.25, -0.2) is 14.4 Å². The Morgan fingerprint density at radius 1 is 0.898 bits per heavy atom. The summed E-state index contributed by atoms with van der Waals surface area (Å²) in [5.41, 5.74) is -3.49. The Bertz CT molecular complexity index is 1400. The number of nitrogens with zero attached hydrogens (tertiary/aromatic N) is 1. The molecule has 0 aromatic heterocycles. The highest BCUT2D eigenvalue weighted by molar-refractivity contribution is 6.04. The molecule has 5 atom stereocenters. The molecule has 15 heteroatoms. The van der Waals surface area contributed by atoms with Crippen LogP contribution < -0.4 is 4.90 Å². The Labute approximate surface area is 284 Å². The van der Waals surface area contributed by atoms with Crippen molar-refractivity contribution in [2.45, 2.75) is 96.5 Å². The van der Waals surface area contributed by atoms with E-state index >= 15 is 0 Å². The highest BCUT2D eigenvalue weighted by atomic mass is 16.8. The predicted molar refractivity (Wildman–Crippen MR) is 168 cm³/mol. The lowest BCUT2D eigenvalue weighted by molar-refractivity contribution is -0.206. The largest absolute Gasteiger partial charge is 0.464 e. The summed E-state index contributed by atoms with van der Waals surface area (Å²) in [6.45, 7) is 7.89. The standard InChI is InChI=1S/C34H43NO14/c1-8-33(49-23(7)38)27(48-30(47-22(6)37)28(33)46-21(5)36)20-45-34(31(40)43-10-3,32(41)44-11-4)19-24-14-16-25(17-15-24)35-18-12-13-26(35)29(39)42-9-2/h1,14-17,26-28,30H,9-13,18-20H2,2-7H3/t26-,27+,28-,30-,33+/m0/s1. The van der Waals surface area contributed by atoms with Crippen molar-refractivity contribution < 1.29 is 66.7 Å². The lowest BCUT2D eigenvalue weighted by Gasteiger charge is -2.34. The lowest BCUT2D eigenvalue weighted by atomic mass is 9.91. The van der Waals surface area contributed by atoms with Crippen molar-refractivity contribution in [1.82, 2.24) is 0 Å². The van der Waals surface area contributed by atoms with E-state index < -0.39 is 78.6 Å². The number of esters is 6. The summed E-state index contributed by atoms with van der Waals surface area (Å²) in [6, 6.07) is 6.36. The molecular weight excluding hydrogens is 646 g/mol. The zero-order chi connectivity index (χ0) is 36.4. The smallest absolute Gasteiger partial charge is 0.350 e. The Hall–Kier alpha value is -4.68. The van der Waals surface area contributed by atoms with E-state index in [0.717, 1.165) is 32.9 Å². The minimum Gasteiger partial charge on any atom is -0.464 e. The van der Waals surface area contributed by atoms with E-state index in [1.54, 1.807) is 31.2 Å². The average molecular weight is 690 g/mol. The van der Waals surface area contributed by atoms with Crippen LogP contribution >= 0.6 is 0 Å². The predicted octanol–water partition coefficient (Wildman–Crippen LogP) is 1.80. The SMILES string of the molecule is C#C[C@@]1(OC(C)=O)[C@@H](COC(Cc2ccc(N3CCC[C@H]3C(=O)OCC)cc2)(C(=O)OCC)C(=O)OCC)O[C@H](OC(C)=O)[C@@H]1OC(C)=O. The van der Waals surface area contributed by atoms with Gasteiger partial charge in [0.2, 0.25) is 18.0 Å². The summed E-state index contributed by atoms with van der Waals surface area (Å²) < 4.78 is 43.7. The van der Waals surface area contributed by atoms with Crippen LogP contribution in [0.25, 0.3) is 0 Å². The number of ether oxygens (including phenoxy) is 8. The van der Waals surface area contributed by atoms with Gasteiger partial charge < -0.3 is 42.8 Å². The van der Waals surface area contributed by atoms with E-state index in [1.807, 2.05) is 4.90 Å². The van der Waals surface area contributed by atoms with Crippen molar-refractivity contribution in [2.24, 2.45) is 0 Å². The number of hydrogen-bond donors (Lipinski definition) is 0. The fraction of sp³-hybridized carbons (Fsp3) is 0.588. The molecule has 268 valence electrons. The number of carbonyl (C=O) groups excluding carboxylic acids is 6. The van der Waals surface area contributed by atoms with Crippen LogP contribution in [0.5, 0.6) is 0 Å². The third kappa shape index (κ3) is 8.87. The number of terminal acetylenes is 1. The van der Waals surface area contributed by atoms with E-state index in [4.69, 9.17) is 44.3 Å². The third-order valence-electron chi connectivity index (χ3n) is 7.78. The monoisotopic (exact) mass is 689 g/mol. The van der Waals surface area contributed by atoms with E-state index in [1.165, 1.54) is 13.8 Å². The first kappa shape index (κ1) is 38.8. The molecule has 0 amide bonds. The molecule has 1 aromatic rings. The second-order valence-electron chi connectivity index (χ2n) is 11.2. The Morgan fingerprint density at radius 3 is 2.00 bits per heavy atom. The van der Waals surface area contributed by atoms with Gasteiger partial charge in [-0.15, -0.1) is 6.42 Å². The molecule has 2 fully saturated rings. The summed E-state index contributed by atoms with van der Waals surface area (Å²) in [5.74, 6) is -2.83. The second kappa shape index (κ2) is 17.1. The van der Waals surface area contributed by atoms with Crippen molar-refractivity contribution in [2.75, 3.05) is 37.9 Å². The zero-order valence-electron chi connectivity index (χ0n) is 28.5. The van der Waals surface area contributed by atoms with Crippen LogP contribution in [0.15, 0.2) is 24.3 Å². The Kier molecular flexibility index (Phi) is 13.5. The molecule has 2 heterocycles. The van der Waals surface area contributed by atoms with Crippen molar-refractivity contribution in [3.8, 4) is 12.3 Å². The summed E-state index contributed by atoms with van der Waals surface area (Å²) in [5, 5.41) is 0. The quantitative estimate of drug-likeness (QED) is 0.113. The molecule has 1 aromatic carbocycles. The van der Waals surface area contributed by atoms with Crippen LogP contribution in [0.1, 0.15) is 59.9 Å². The van der Waals surface area contributed by atoms with Crippen molar-refractivity contribution >= 4 is 41.5 Å². The van der Waals surface area contributed by atoms with Gasteiger partial charge in [0.1, 0.15) is 12.1 Å². The molecule has 0 saturated carbocycles. The molecule has 0 spiro atoms. The first-order chi connectivity index (χ1) is 23.3. The summed E-state index contributed by atoms with van der Waals surface area (Å²) in [7, 11) is 0. The summed E-state index contributed by atoms with van der Waals surface area (Å²) in [4.78, 5) is 78.0. The van der Waals surface area contributed by atoms with E-state index in [2.05, 4.69) is 5.92 Å². The van der Waals surface area contributed by atoms with Crippen molar-refractivity contribution in [3.63, 3.8) is 0 Å². The maximum absolute atomic E-state index is 13.7. The highest BCUT2D eigenvalue weighted by Gasteiger charge is 2.64. The van der Waals surface area contributed by atoms with Gasteiger partial charge in [-0.3, -0.25) is 14.4 Å². The minimum atomic E-state index is -2.44. The molecule has 0 unspecified atom stereocenters. The molecule has 2 saturated heterocycles. The molecule has 0 bridgehead atoms. The minimum absolute atomic E-state index is 0.128. The van der Waals surface area contributed by atoms with Gasteiger partial charge in [0, 0.05) is 39.4 Å². The van der Waals surface area contributed by atoms with Gasteiger partial charge in [-0.05, 0) is 51.3 Å². The second-order valence-corrected chi connectivity index (χ2v) is 11.2. The number of hydrogen-bond acceptors (Lipinski definition) is 15. The average Bonchev–Trinajstić information content (AvgIpc) is 3.63. The van der Waals surface area contributed by atoms with E-state index in [-0.39, 0.29) is 25.8 Å². The Morgan fingerprint density at radius 2 is 1.49 bits per heavy atom. The van der Waals surface area contributed by atoms with Crippen LogP contribution in [-0.4, -0.2) is 105 Å². The third-order valence-corrected chi connectivity index (χ3v) is 7.78. The number of benzene rings is 1. The van der Waals surface area contributed by atoms with Crippen molar-refractivity contribution in [3.05, 3.63) is 29.8 Å². The molecule has 3 rings (SSSR count). The molecule has 0 N–H and O–H groups in total. The molecule has 0 radical (unpaired) electrons. The molecule has 49 heavy (non-hydrogen) atoms. The number of anilines is 1.